The van der Waals surface area contributed by atoms with E-state index in [0.29, 0.717) is 5.69 Å². The number of nitrogens with one attached hydrogen (secondary N) is 1. The summed E-state index contributed by atoms with van der Waals surface area (Å²) in [5, 5.41) is 2.95. The van der Waals surface area contributed by atoms with Crippen molar-refractivity contribution in [1.82, 2.24) is 4.90 Å². The van der Waals surface area contributed by atoms with Crippen LogP contribution in [0.3, 0.4) is 0 Å². The van der Waals surface area contributed by atoms with Crippen molar-refractivity contribution >= 4 is 17.3 Å². The Labute approximate surface area is 160 Å². The van der Waals surface area contributed by atoms with Crippen LogP contribution in [0, 0.1) is 17.7 Å². The molecular weight excluding hydrogens is 380 g/mol. The average molecular weight is 402 g/mol. The maximum absolute atomic E-state index is 13.8. The minimum Gasteiger partial charge on any atom is -0.492 e. The van der Waals surface area contributed by atoms with Gasteiger partial charge in [-0.3, -0.25) is 9.79 Å². The van der Waals surface area contributed by atoms with E-state index in [2.05, 4.69) is 10.3 Å². The van der Waals surface area contributed by atoms with Crippen LogP contribution in [0.2, 0.25) is 0 Å². The molecule has 1 aliphatic rings. The van der Waals surface area contributed by atoms with E-state index in [1.165, 1.54) is 31.2 Å². The highest BCUT2D eigenvalue weighted by Crippen LogP contribution is 2.31. The third-order valence-electron chi connectivity index (χ3n) is 4.60. The van der Waals surface area contributed by atoms with Crippen molar-refractivity contribution in [1.29, 1.82) is 0 Å². The van der Waals surface area contributed by atoms with E-state index in [1.807, 2.05) is 0 Å². The molecule has 1 amide bonds. The molecule has 2 atom stereocenters. The van der Waals surface area contributed by atoms with Crippen molar-refractivity contribution in [3.05, 3.63) is 35.8 Å². The summed E-state index contributed by atoms with van der Waals surface area (Å²) in [5.74, 6) is -2.14. The third kappa shape index (κ3) is 4.55. The Kier molecular flexibility index (Phi) is 6.52. The molecule has 154 valence electrons. The smallest absolute Gasteiger partial charge is 0.430 e. The number of amides is 1. The summed E-state index contributed by atoms with van der Waals surface area (Å²) in [6, 6.07) is 4.29. The van der Waals surface area contributed by atoms with Crippen LogP contribution in [0.25, 0.3) is 0 Å². The minimum absolute atomic E-state index is 0.0107. The SMILES string of the molecule is CN=C(C=C(N)C(F)(F)F)[C@H]1CN(C)C(=O)[C@@H]1CNc1cccc(F)c1OC. The number of para-hydroxylation sites is 1. The Morgan fingerprint density at radius 1 is 1.46 bits per heavy atom. The largest absolute Gasteiger partial charge is 0.492 e. The molecule has 1 saturated heterocycles. The van der Waals surface area contributed by atoms with Gasteiger partial charge in [0.25, 0.3) is 0 Å². The normalized spacial score (nSPS) is 21.2. The van der Waals surface area contributed by atoms with Crippen molar-refractivity contribution < 1.29 is 27.1 Å². The van der Waals surface area contributed by atoms with Gasteiger partial charge in [0.1, 0.15) is 5.70 Å². The van der Waals surface area contributed by atoms with Crippen LogP contribution in [0.5, 0.6) is 5.75 Å². The van der Waals surface area contributed by atoms with Gasteiger partial charge < -0.3 is 20.7 Å². The number of hydrogen-bond donors (Lipinski definition) is 2. The van der Waals surface area contributed by atoms with Crippen LogP contribution < -0.4 is 15.8 Å². The molecule has 1 aliphatic heterocycles. The fourth-order valence-corrected chi connectivity index (χ4v) is 3.15. The molecule has 0 aromatic heterocycles. The van der Waals surface area contributed by atoms with Gasteiger partial charge in [-0.15, -0.1) is 0 Å². The number of carbonyl (C=O) groups is 1. The number of nitrogens with two attached hydrogens (primary N) is 1. The molecule has 0 bridgehead atoms. The molecule has 1 aromatic carbocycles. The zero-order chi connectivity index (χ0) is 21.1. The first-order valence-electron chi connectivity index (χ1n) is 8.42. The summed E-state index contributed by atoms with van der Waals surface area (Å²) in [7, 11) is 4.22. The number of nitrogens with zero attached hydrogens (tertiary/aromatic N) is 2. The van der Waals surface area contributed by atoms with Crippen LogP contribution >= 0.6 is 0 Å². The highest BCUT2D eigenvalue weighted by atomic mass is 19.4. The molecule has 0 unspecified atom stereocenters. The van der Waals surface area contributed by atoms with Crippen molar-refractivity contribution in [2.45, 2.75) is 6.18 Å². The van der Waals surface area contributed by atoms with E-state index in [0.717, 1.165) is 6.08 Å². The topological polar surface area (TPSA) is 80.0 Å². The van der Waals surface area contributed by atoms with Gasteiger partial charge in [-0.05, 0) is 18.2 Å². The zero-order valence-electron chi connectivity index (χ0n) is 15.7. The summed E-state index contributed by atoms with van der Waals surface area (Å²) in [6.45, 7) is 0.256. The first-order valence-corrected chi connectivity index (χ1v) is 8.42. The third-order valence-corrected chi connectivity index (χ3v) is 4.60. The maximum atomic E-state index is 13.8. The van der Waals surface area contributed by atoms with Gasteiger partial charge in [-0.2, -0.15) is 13.2 Å². The molecule has 10 heteroatoms. The fraction of sp³-hybridized carbons (Fsp3) is 0.444. The average Bonchev–Trinajstić information content (AvgIpc) is 2.91. The molecular formula is C18H22F4N4O2. The van der Waals surface area contributed by atoms with Gasteiger partial charge in [-0.1, -0.05) is 6.07 Å². The lowest BCUT2D eigenvalue weighted by Crippen LogP contribution is -2.31. The second kappa shape index (κ2) is 8.49. The number of rotatable bonds is 6. The number of allylic oxidation sites excluding steroid dienone is 2. The molecule has 1 fully saturated rings. The van der Waals surface area contributed by atoms with E-state index in [-0.39, 0.29) is 30.5 Å². The van der Waals surface area contributed by atoms with Gasteiger partial charge in [0, 0.05) is 38.8 Å². The number of ether oxygens (including phenoxy) is 1. The number of hydrogen-bond acceptors (Lipinski definition) is 5. The lowest BCUT2D eigenvalue weighted by atomic mass is 9.90. The summed E-state index contributed by atoms with van der Waals surface area (Å²) < 4.78 is 57.2. The molecule has 0 aliphatic carbocycles. The number of carbonyl (C=O) groups excluding carboxylic acids is 1. The van der Waals surface area contributed by atoms with Gasteiger partial charge in [0.2, 0.25) is 5.91 Å². The Morgan fingerprint density at radius 2 is 2.14 bits per heavy atom. The Balaban J connectivity index is 2.26. The number of methoxy groups -OCH3 is 1. The van der Waals surface area contributed by atoms with Gasteiger partial charge >= 0.3 is 6.18 Å². The summed E-state index contributed by atoms with van der Waals surface area (Å²) in [4.78, 5) is 17.8. The first kappa shape index (κ1) is 21.5. The van der Waals surface area contributed by atoms with Crippen molar-refractivity contribution in [3.8, 4) is 5.75 Å². The van der Waals surface area contributed by atoms with Crippen LogP contribution in [0.4, 0.5) is 23.2 Å². The van der Waals surface area contributed by atoms with E-state index in [1.54, 1.807) is 13.1 Å². The first-order chi connectivity index (χ1) is 13.1. The van der Waals surface area contributed by atoms with Crippen molar-refractivity contribution in [3.63, 3.8) is 0 Å². The molecule has 0 saturated carbocycles. The predicted molar refractivity (Wildman–Crippen MR) is 97.7 cm³/mol. The molecule has 1 aromatic rings. The second-order valence-corrected chi connectivity index (χ2v) is 6.38. The molecule has 28 heavy (non-hydrogen) atoms. The quantitative estimate of drug-likeness (QED) is 0.566. The van der Waals surface area contributed by atoms with Gasteiger partial charge in [-0.25, -0.2) is 4.39 Å². The molecule has 2 rings (SSSR count). The number of halogens is 4. The van der Waals surface area contributed by atoms with Crippen LogP contribution in [-0.4, -0.2) is 57.0 Å². The monoisotopic (exact) mass is 402 g/mol. The second-order valence-electron chi connectivity index (χ2n) is 6.38. The summed E-state index contributed by atoms with van der Waals surface area (Å²) >= 11 is 0. The number of benzene rings is 1. The zero-order valence-corrected chi connectivity index (χ0v) is 15.7. The highest BCUT2D eigenvalue weighted by molar-refractivity contribution is 6.02. The minimum atomic E-state index is -4.69. The lowest BCUT2D eigenvalue weighted by Gasteiger charge is -2.20. The number of aliphatic imine (C=N–C) groups is 1. The van der Waals surface area contributed by atoms with Gasteiger partial charge in [0.15, 0.2) is 11.6 Å². The molecule has 1 heterocycles. The van der Waals surface area contributed by atoms with Crippen LogP contribution in [0.1, 0.15) is 0 Å². The molecule has 0 radical (unpaired) electrons. The molecule has 6 nitrogen and oxygen atoms in total. The number of anilines is 1. The van der Waals surface area contributed by atoms with Gasteiger partial charge in [0.05, 0.1) is 18.7 Å². The van der Waals surface area contributed by atoms with E-state index < -0.39 is 29.5 Å². The highest BCUT2D eigenvalue weighted by Gasteiger charge is 2.41. The van der Waals surface area contributed by atoms with E-state index >= 15 is 0 Å². The van der Waals surface area contributed by atoms with E-state index in [9.17, 15) is 22.4 Å². The van der Waals surface area contributed by atoms with Crippen molar-refractivity contribution in [2.24, 2.45) is 22.6 Å². The lowest BCUT2D eigenvalue weighted by molar-refractivity contribution is -0.129. The van der Waals surface area contributed by atoms with Crippen LogP contribution in [-0.2, 0) is 4.79 Å². The van der Waals surface area contributed by atoms with Crippen molar-refractivity contribution in [2.75, 3.05) is 39.6 Å². The molecule has 3 N–H and O–H groups in total. The Bertz CT molecular complexity index is 792. The Hall–Kier alpha value is -2.78. The van der Waals surface area contributed by atoms with Crippen LogP contribution in [0.15, 0.2) is 35.0 Å². The summed E-state index contributed by atoms with van der Waals surface area (Å²) in [6.07, 6.45) is -3.93. The Morgan fingerprint density at radius 3 is 2.71 bits per heavy atom. The fourth-order valence-electron chi connectivity index (χ4n) is 3.15. The molecule has 0 spiro atoms. The number of likely N-dealkylation sites (tertiary alicyclic amines) is 1. The predicted octanol–water partition coefficient (Wildman–Crippen LogP) is 2.43. The van der Waals surface area contributed by atoms with E-state index in [4.69, 9.17) is 10.5 Å². The standard InChI is InChI=1S/C18H22F4N4O2/c1-24-14(7-15(23)18(20,21)22)11-9-26(2)17(27)10(11)8-25-13-6-4-5-12(19)16(13)28-3/h4-7,10-11,25H,8-9,23H2,1-3H3/t10-,11+/m1/s1. The number of alkyl halides is 3. The maximum Gasteiger partial charge on any atom is 0.430 e. The summed E-state index contributed by atoms with van der Waals surface area (Å²) in [5.41, 5.74) is 4.24.